The first kappa shape index (κ1) is 29.8. The second-order valence-electron chi connectivity index (χ2n) is 9.91. The maximum Gasteiger partial charge on any atom is 0.338 e. The highest BCUT2D eigenvalue weighted by Gasteiger charge is 2.34. The number of nitrogens with zero attached hydrogens (tertiary/aromatic N) is 2. The Labute approximate surface area is 252 Å². The average molecular weight is 601 g/mol. The lowest BCUT2D eigenvalue weighted by atomic mass is 9.94. The van der Waals surface area contributed by atoms with Crippen molar-refractivity contribution < 1.29 is 28.2 Å². The van der Waals surface area contributed by atoms with E-state index >= 15 is 0 Å². The van der Waals surface area contributed by atoms with Crippen molar-refractivity contribution in [3.63, 3.8) is 0 Å². The molecule has 10 heteroatoms. The topological polar surface area (TPSA) is 109 Å². The molecule has 9 nitrogen and oxygen atoms in total. The lowest BCUT2D eigenvalue weighted by molar-refractivity contribution is -0.139. The number of aromatic nitrogens is 1. The third-order valence-electron chi connectivity index (χ3n) is 7.11. The number of ether oxygens (including phenoxy) is 3. The van der Waals surface area contributed by atoms with Gasteiger partial charge in [-0.25, -0.2) is 14.6 Å². The predicted molar refractivity (Wildman–Crippen MR) is 163 cm³/mol. The smallest absolute Gasteiger partial charge is 0.338 e. The highest BCUT2D eigenvalue weighted by Crippen LogP contribution is 2.34. The fourth-order valence-corrected chi connectivity index (χ4v) is 6.14. The van der Waals surface area contributed by atoms with Crippen LogP contribution in [0.1, 0.15) is 60.0 Å². The third kappa shape index (κ3) is 5.83. The fraction of sp³-hybridized carbons (Fsp3) is 0.273. The quantitative estimate of drug-likeness (QED) is 0.250. The van der Waals surface area contributed by atoms with Gasteiger partial charge in [0.1, 0.15) is 17.3 Å². The van der Waals surface area contributed by atoms with Gasteiger partial charge in [-0.2, -0.15) is 0 Å². The lowest BCUT2D eigenvalue weighted by Crippen LogP contribution is -2.40. The molecule has 3 heterocycles. The summed E-state index contributed by atoms with van der Waals surface area (Å²) >= 11 is 1.24. The van der Waals surface area contributed by atoms with E-state index in [1.165, 1.54) is 18.4 Å². The molecule has 0 radical (unpaired) electrons. The molecule has 0 saturated heterocycles. The number of benzene rings is 2. The first-order valence-corrected chi connectivity index (χ1v) is 14.8. The van der Waals surface area contributed by atoms with Crippen LogP contribution in [0.2, 0.25) is 0 Å². The third-order valence-corrected chi connectivity index (χ3v) is 8.10. The Morgan fingerprint density at radius 2 is 1.88 bits per heavy atom. The fourth-order valence-electron chi connectivity index (χ4n) is 5.14. The van der Waals surface area contributed by atoms with Gasteiger partial charge in [-0.05, 0) is 67.8 Å². The SMILES string of the molecule is CCCC1=C(C(=O)OCC)[C@@H](c2cccc(OC)c2)n2c(s/c(=C/c3ccc(-c4ccc(C(=O)OC)cc4C)o3)c2=O)=N1. The zero-order chi connectivity index (χ0) is 30.7. The molecule has 5 rings (SSSR count). The molecule has 222 valence electrons. The van der Waals surface area contributed by atoms with E-state index in [0.29, 0.717) is 55.4 Å². The zero-order valence-electron chi connectivity index (χ0n) is 24.6. The van der Waals surface area contributed by atoms with Crippen LogP contribution in [-0.2, 0) is 14.3 Å². The first-order chi connectivity index (χ1) is 20.8. The number of aryl methyl sites for hydroxylation is 1. The minimum atomic E-state index is -0.739. The van der Waals surface area contributed by atoms with Gasteiger partial charge in [0, 0.05) is 11.6 Å². The number of hydrogen-bond donors (Lipinski definition) is 0. The summed E-state index contributed by atoms with van der Waals surface area (Å²) < 4.78 is 23.8. The summed E-state index contributed by atoms with van der Waals surface area (Å²) in [6, 6.07) is 15.4. The van der Waals surface area contributed by atoms with E-state index in [1.807, 2.05) is 44.2 Å². The van der Waals surface area contributed by atoms with Gasteiger partial charge in [0.15, 0.2) is 4.80 Å². The number of carbonyl (C=O) groups is 2. The van der Waals surface area contributed by atoms with Gasteiger partial charge in [-0.15, -0.1) is 0 Å². The number of methoxy groups -OCH3 is 2. The van der Waals surface area contributed by atoms with E-state index < -0.39 is 18.0 Å². The van der Waals surface area contributed by atoms with Crippen LogP contribution >= 0.6 is 11.3 Å². The molecule has 2 aromatic carbocycles. The van der Waals surface area contributed by atoms with E-state index in [9.17, 15) is 14.4 Å². The molecule has 0 N–H and O–H groups in total. The summed E-state index contributed by atoms with van der Waals surface area (Å²) in [6.45, 7) is 5.85. The van der Waals surface area contributed by atoms with Gasteiger partial charge in [0.25, 0.3) is 5.56 Å². The first-order valence-electron chi connectivity index (χ1n) is 13.9. The maximum absolute atomic E-state index is 14.0. The molecule has 0 bridgehead atoms. The molecular formula is C33H32N2O7S. The van der Waals surface area contributed by atoms with Crippen molar-refractivity contribution in [2.75, 3.05) is 20.8 Å². The molecule has 1 atom stereocenters. The van der Waals surface area contributed by atoms with Crippen molar-refractivity contribution in [3.8, 4) is 17.1 Å². The van der Waals surface area contributed by atoms with Crippen LogP contribution in [0.3, 0.4) is 0 Å². The highest BCUT2D eigenvalue weighted by molar-refractivity contribution is 7.07. The Hall–Kier alpha value is -4.70. The Kier molecular flexibility index (Phi) is 8.77. The van der Waals surface area contributed by atoms with E-state index in [1.54, 1.807) is 48.9 Å². The highest BCUT2D eigenvalue weighted by atomic mass is 32.1. The van der Waals surface area contributed by atoms with Crippen molar-refractivity contribution in [1.29, 1.82) is 0 Å². The largest absolute Gasteiger partial charge is 0.497 e. The number of hydrogen-bond acceptors (Lipinski definition) is 9. The molecular weight excluding hydrogens is 568 g/mol. The number of carbonyl (C=O) groups excluding carboxylic acids is 2. The Balaban J connectivity index is 1.63. The number of fused-ring (bicyclic) bond motifs is 1. The molecule has 0 fully saturated rings. The Morgan fingerprint density at radius 1 is 1.07 bits per heavy atom. The van der Waals surface area contributed by atoms with Gasteiger partial charge in [0.05, 0.1) is 48.2 Å². The molecule has 0 unspecified atom stereocenters. The second kappa shape index (κ2) is 12.7. The molecule has 2 aromatic heterocycles. The molecule has 1 aliphatic heterocycles. The summed E-state index contributed by atoms with van der Waals surface area (Å²) in [5, 5.41) is 0. The Bertz CT molecular complexity index is 1910. The molecule has 0 amide bonds. The maximum atomic E-state index is 14.0. The summed E-state index contributed by atoms with van der Waals surface area (Å²) in [7, 11) is 2.91. The monoisotopic (exact) mass is 600 g/mol. The summed E-state index contributed by atoms with van der Waals surface area (Å²) in [6.07, 6.45) is 2.99. The number of rotatable bonds is 9. The molecule has 43 heavy (non-hydrogen) atoms. The van der Waals surface area contributed by atoms with Gasteiger partial charge in [0.2, 0.25) is 0 Å². The number of esters is 2. The number of thiazole rings is 1. The number of allylic oxidation sites excluding steroid dienone is 1. The van der Waals surface area contributed by atoms with Crippen LogP contribution in [0.4, 0.5) is 0 Å². The summed E-state index contributed by atoms with van der Waals surface area (Å²) in [4.78, 5) is 44.5. The normalized spacial score (nSPS) is 14.7. The molecule has 0 aliphatic carbocycles. The lowest BCUT2D eigenvalue weighted by Gasteiger charge is -2.26. The predicted octanol–water partition coefficient (Wildman–Crippen LogP) is 4.94. The van der Waals surface area contributed by atoms with E-state index in [0.717, 1.165) is 17.5 Å². The van der Waals surface area contributed by atoms with E-state index in [-0.39, 0.29) is 12.2 Å². The second-order valence-corrected chi connectivity index (χ2v) is 10.9. The van der Waals surface area contributed by atoms with Crippen molar-refractivity contribution in [2.24, 2.45) is 4.99 Å². The molecule has 4 aromatic rings. The van der Waals surface area contributed by atoms with Crippen molar-refractivity contribution in [1.82, 2.24) is 4.57 Å². The van der Waals surface area contributed by atoms with Gasteiger partial charge in [-0.3, -0.25) is 9.36 Å². The van der Waals surface area contributed by atoms with E-state index in [2.05, 4.69) is 0 Å². The molecule has 0 spiro atoms. The molecule has 1 aliphatic rings. The minimum Gasteiger partial charge on any atom is -0.497 e. The summed E-state index contributed by atoms with van der Waals surface area (Å²) in [5.41, 5.74) is 3.48. The standard InChI is InChI=1S/C33H32N2O7S/c1-6-9-25-28(32(38)41-7-2)29(20-10-8-11-22(17-20)39-4)35-30(36)27(43-33(35)34-25)18-23-13-15-26(42-23)24-14-12-21(16-19(24)3)31(37)40-5/h8,10-18,29H,6-7,9H2,1-5H3/b27-18+/t29-/m1/s1. The summed E-state index contributed by atoms with van der Waals surface area (Å²) in [5.74, 6) is 0.770. The Morgan fingerprint density at radius 3 is 2.58 bits per heavy atom. The van der Waals surface area contributed by atoms with Crippen LogP contribution in [0.25, 0.3) is 17.4 Å². The van der Waals surface area contributed by atoms with E-state index in [4.69, 9.17) is 23.6 Å². The van der Waals surface area contributed by atoms with Gasteiger partial charge in [-0.1, -0.05) is 42.9 Å². The van der Waals surface area contributed by atoms with Gasteiger partial charge < -0.3 is 18.6 Å². The van der Waals surface area contributed by atoms with Crippen LogP contribution in [0.5, 0.6) is 5.75 Å². The minimum absolute atomic E-state index is 0.197. The zero-order valence-corrected chi connectivity index (χ0v) is 25.4. The van der Waals surface area contributed by atoms with Crippen molar-refractivity contribution in [2.45, 2.75) is 39.7 Å². The number of furan rings is 1. The average Bonchev–Trinajstić information content (AvgIpc) is 3.60. The van der Waals surface area contributed by atoms with Crippen LogP contribution in [0.15, 0.2) is 80.1 Å². The van der Waals surface area contributed by atoms with Crippen LogP contribution in [0, 0.1) is 6.92 Å². The van der Waals surface area contributed by atoms with Crippen LogP contribution < -0.4 is 19.6 Å². The van der Waals surface area contributed by atoms with Crippen LogP contribution in [-0.4, -0.2) is 37.3 Å². The van der Waals surface area contributed by atoms with Gasteiger partial charge >= 0.3 is 11.9 Å². The molecule has 0 saturated carbocycles. The van der Waals surface area contributed by atoms with Crippen molar-refractivity contribution >= 4 is 29.4 Å². The van der Waals surface area contributed by atoms with Crippen molar-refractivity contribution in [3.05, 3.63) is 108 Å².